The lowest BCUT2D eigenvalue weighted by Crippen LogP contribution is -2.32. The number of carbonyl (C=O) groups is 1. The van der Waals surface area contributed by atoms with Crippen molar-refractivity contribution in [1.82, 2.24) is 30.3 Å². The molecule has 0 fully saturated rings. The molecule has 0 saturated heterocycles. The Morgan fingerprint density at radius 1 is 1.53 bits per heavy atom. The molecule has 1 atom stereocenters. The first kappa shape index (κ1) is 13.3. The molecule has 0 unspecified atom stereocenters. The normalized spacial score (nSPS) is 12.4. The molecular weight excluding hydrogens is 244 g/mol. The third kappa shape index (κ3) is 2.98. The van der Waals surface area contributed by atoms with Gasteiger partial charge < -0.3 is 5.32 Å². The summed E-state index contributed by atoms with van der Waals surface area (Å²) in [6.07, 6.45) is 3.72. The Bertz CT molecular complexity index is 525. The lowest BCUT2D eigenvalue weighted by Gasteiger charge is -2.12. The Balaban J connectivity index is 1.84. The standard InChI is InChI=1S/C12H18N6O/c1-8-11(9(2)17-16-8)4-5-14-12(19)10(3)18-7-13-6-15-18/h6-7,10H,4-5H2,1-3H3,(H,14,19)(H,16,17)/t10-/m0/s1. The molecule has 2 aromatic heterocycles. The molecule has 1 amide bonds. The molecule has 0 bridgehead atoms. The lowest BCUT2D eigenvalue weighted by molar-refractivity contribution is -0.124. The lowest BCUT2D eigenvalue weighted by atomic mass is 10.1. The molecule has 7 nitrogen and oxygen atoms in total. The number of nitrogens with zero attached hydrogens (tertiary/aromatic N) is 4. The van der Waals surface area contributed by atoms with Crippen molar-refractivity contribution in [3.05, 3.63) is 29.6 Å². The number of hydrogen-bond acceptors (Lipinski definition) is 4. The molecule has 0 aliphatic carbocycles. The van der Waals surface area contributed by atoms with Crippen LogP contribution in [-0.4, -0.2) is 37.4 Å². The van der Waals surface area contributed by atoms with E-state index in [9.17, 15) is 4.79 Å². The van der Waals surface area contributed by atoms with E-state index in [2.05, 4.69) is 25.6 Å². The summed E-state index contributed by atoms with van der Waals surface area (Å²) in [6, 6.07) is -0.353. The van der Waals surface area contributed by atoms with Gasteiger partial charge in [0.2, 0.25) is 5.91 Å². The highest BCUT2D eigenvalue weighted by atomic mass is 16.2. The van der Waals surface area contributed by atoms with Crippen molar-refractivity contribution in [2.75, 3.05) is 6.54 Å². The Morgan fingerprint density at radius 2 is 2.32 bits per heavy atom. The van der Waals surface area contributed by atoms with E-state index >= 15 is 0 Å². The van der Waals surface area contributed by atoms with Crippen LogP contribution in [0.4, 0.5) is 0 Å². The summed E-state index contributed by atoms with van der Waals surface area (Å²) in [6.45, 7) is 6.31. The molecule has 0 aliphatic rings. The first-order valence-corrected chi connectivity index (χ1v) is 6.22. The monoisotopic (exact) mass is 262 g/mol. The zero-order valence-electron chi connectivity index (χ0n) is 11.3. The smallest absolute Gasteiger partial charge is 0.244 e. The molecule has 2 heterocycles. The van der Waals surface area contributed by atoms with Crippen molar-refractivity contribution >= 4 is 5.91 Å². The van der Waals surface area contributed by atoms with Gasteiger partial charge in [0.25, 0.3) is 0 Å². The van der Waals surface area contributed by atoms with Crippen LogP contribution >= 0.6 is 0 Å². The van der Waals surface area contributed by atoms with E-state index in [4.69, 9.17) is 0 Å². The Morgan fingerprint density at radius 3 is 2.89 bits per heavy atom. The number of nitrogens with one attached hydrogen (secondary N) is 2. The van der Waals surface area contributed by atoms with Gasteiger partial charge in [0.05, 0.1) is 5.69 Å². The Labute approximate surface area is 111 Å². The Kier molecular flexibility index (Phi) is 3.94. The second kappa shape index (κ2) is 5.64. The van der Waals surface area contributed by atoms with Crippen LogP contribution in [0.2, 0.25) is 0 Å². The molecule has 0 aromatic carbocycles. The van der Waals surface area contributed by atoms with Gasteiger partial charge in [0.1, 0.15) is 18.7 Å². The van der Waals surface area contributed by atoms with E-state index < -0.39 is 0 Å². The highest BCUT2D eigenvalue weighted by molar-refractivity contribution is 5.79. The molecule has 2 rings (SSSR count). The van der Waals surface area contributed by atoms with Crippen LogP contribution in [0.25, 0.3) is 0 Å². The van der Waals surface area contributed by atoms with Crippen molar-refractivity contribution in [2.45, 2.75) is 33.2 Å². The number of hydrogen-bond donors (Lipinski definition) is 2. The first-order valence-electron chi connectivity index (χ1n) is 6.22. The number of H-pyrrole nitrogens is 1. The van der Waals surface area contributed by atoms with E-state index in [1.54, 1.807) is 6.92 Å². The minimum atomic E-state index is -0.353. The van der Waals surface area contributed by atoms with Crippen LogP contribution in [-0.2, 0) is 11.2 Å². The van der Waals surface area contributed by atoms with Gasteiger partial charge in [-0.05, 0) is 32.8 Å². The van der Waals surface area contributed by atoms with Crippen LogP contribution in [0.3, 0.4) is 0 Å². The average molecular weight is 262 g/mol. The SMILES string of the molecule is Cc1n[nH]c(C)c1CCNC(=O)[C@H](C)n1cncn1. The zero-order chi connectivity index (χ0) is 13.8. The van der Waals surface area contributed by atoms with Crippen molar-refractivity contribution < 1.29 is 4.79 Å². The summed E-state index contributed by atoms with van der Waals surface area (Å²) in [5.74, 6) is -0.0655. The molecule has 2 aromatic rings. The van der Waals surface area contributed by atoms with Crippen molar-refractivity contribution in [1.29, 1.82) is 0 Å². The van der Waals surface area contributed by atoms with Crippen LogP contribution in [0.1, 0.15) is 29.9 Å². The van der Waals surface area contributed by atoms with Crippen LogP contribution in [0.5, 0.6) is 0 Å². The van der Waals surface area contributed by atoms with Crippen LogP contribution in [0.15, 0.2) is 12.7 Å². The van der Waals surface area contributed by atoms with Gasteiger partial charge in [-0.15, -0.1) is 0 Å². The minimum Gasteiger partial charge on any atom is -0.354 e. The topological polar surface area (TPSA) is 88.5 Å². The van der Waals surface area contributed by atoms with Gasteiger partial charge in [-0.1, -0.05) is 0 Å². The van der Waals surface area contributed by atoms with Crippen molar-refractivity contribution in [3.63, 3.8) is 0 Å². The molecule has 0 saturated carbocycles. The summed E-state index contributed by atoms with van der Waals surface area (Å²) < 4.78 is 1.53. The second-order valence-electron chi connectivity index (χ2n) is 4.51. The quantitative estimate of drug-likeness (QED) is 0.823. The van der Waals surface area contributed by atoms with E-state index in [-0.39, 0.29) is 11.9 Å². The molecule has 0 aliphatic heterocycles. The maximum Gasteiger partial charge on any atom is 0.244 e. The van der Waals surface area contributed by atoms with Gasteiger partial charge in [-0.25, -0.2) is 9.67 Å². The predicted molar refractivity (Wildman–Crippen MR) is 69.5 cm³/mol. The van der Waals surface area contributed by atoms with Gasteiger partial charge in [-0.3, -0.25) is 9.89 Å². The van der Waals surface area contributed by atoms with E-state index in [0.29, 0.717) is 6.54 Å². The summed E-state index contributed by atoms with van der Waals surface area (Å²) in [5, 5.41) is 13.9. The van der Waals surface area contributed by atoms with Gasteiger partial charge in [-0.2, -0.15) is 10.2 Å². The van der Waals surface area contributed by atoms with Crippen LogP contribution in [0, 0.1) is 13.8 Å². The molecule has 0 spiro atoms. The number of carbonyl (C=O) groups excluding carboxylic acids is 1. The molecule has 2 N–H and O–H groups in total. The highest BCUT2D eigenvalue weighted by Crippen LogP contribution is 2.09. The number of aromatic amines is 1. The number of aryl methyl sites for hydroxylation is 2. The summed E-state index contributed by atoms with van der Waals surface area (Å²) in [4.78, 5) is 15.7. The highest BCUT2D eigenvalue weighted by Gasteiger charge is 2.15. The number of rotatable bonds is 5. The first-order chi connectivity index (χ1) is 9.09. The minimum absolute atomic E-state index is 0.0655. The third-order valence-electron chi connectivity index (χ3n) is 3.17. The zero-order valence-corrected chi connectivity index (χ0v) is 11.3. The van der Waals surface area contributed by atoms with Gasteiger partial charge >= 0.3 is 0 Å². The van der Waals surface area contributed by atoms with E-state index in [1.807, 2.05) is 13.8 Å². The van der Waals surface area contributed by atoms with E-state index in [1.165, 1.54) is 17.3 Å². The van der Waals surface area contributed by atoms with Crippen molar-refractivity contribution in [2.24, 2.45) is 0 Å². The number of amides is 1. The van der Waals surface area contributed by atoms with Crippen LogP contribution < -0.4 is 5.32 Å². The fraction of sp³-hybridized carbons (Fsp3) is 0.500. The average Bonchev–Trinajstić information content (AvgIpc) is 3.02. The second-order valence-corrected chi connectivity index (χ2v) is 4.51. The predicted octanol–water partition coefficient (Wildman–Crippen LogP) is 0.538. The van der Waals surface area contributed by atoms with Crippen molar-refractivity contribution in [3.8, 4) is 0 Å². The maximum absolute atomic E-state index is 11.9. The summed E-state index contributed by atoms with van der Waals surface area (Å²) in [7, 11) is 0. The fourth-order valence-electron chi connectivity index (χ4n) is 1.94. The number of aromatic nitrogens is 5. The molecule has 19 heavy (non-hydrogen) atoms. The molecule has 7 heteroatoms. The largest absolute Gasteiger partial charge is 0.354 e. The van der Waals surface area contributed by atoms with E-state index in [0.717, 1.165) is 23.4 Å². The fourth-order valence-corrected chi connectivity index (χ4v) is 1.94. The van der Waals surface area contributed by atoms with Gasteiger partial charge in [0.15, 0.2) is 0 Å². The maximum atomic E-state index is 11.9. The summed E-state index contributed by atoms with van der Waals surface area (Å²) >= 11 is 0. The third-order valence-corrected chi connectivity index (χ3v) is 3.17. The molecule has 0 radical (unpaired) electrons. The molecular formula is C12H18N6O. The Hall–Kier alpha value is -2.18. The van der Waals surface area contributed by atoms with Gasteiger partial charge in [0, 0.05) is 12.2 Å². The summed E-state index contributed by atoms with van der Waals surface area (Å²) in [5.41, 5.74) is 3.20. The molecule has 102 valence electrons.